The quantitative estimate of drug-likeness (QED) is 0.911. The van der Waals surface area contributed by atoms with Gasteiger partial charge < -0.3 is 14.6 Å². The summed E-state index contributed by atoms with van der Waals surface area (Å²) in [6, 6.07) is 15.2. The molecule has 1 aliphatic heterocycles. The third kappa shape index (κ3) is 2.63. The molecule has 0 bridgehead atoms. The van der Waals surface area contributed by atoms with Crippen LogP contribution >= 0.6 is 0 Å². The summed E-state index contributed by atoms with van der Waals surface area (Å²) >= 11 is 0. The maximum atomic E-state index is 10.4. The molecule has 2 aromatic rings. The van der Waals surface area contributed by atoms with E-state index in [2.05, 4.69) is 6.92 Å². The van der Waals surface area contributed by atoms with Crippen molar-refractivity contribution in [1.29, 1.82) is 0 Å². The van der Waals surface area contributed by atoms with Crippen LogP contribution in [0.15, 0.2) is 48.5 Å². The van der Waals surface area contributed by atoms with Crippen molar-refractivity contribution in [2.75, 3.05) is 13.2 Å². The van der Waals surface area contributed by atoms with Gasteiger partial charge >= 0.3 is 0 Å². The van der Waals surface area contributed by atoms with E-state index < -0.39 is 6.10 Å². The van der Waals surface area contributed by atoms with E-state index in [-0.39, 0.29) is 0 Å². The molecule has 20 heavy (non-hydrogen) atoms. The van der Waals surface area contributed by atoms with Crippen LogP contribution in [0.3, 0.4) is 0 Å². The normalized spacial score (nSPS) is 19.2. The van der Waals surface area contributed by atoms with Gasteiger partial charge in [0.1, 0.15) is 6.10 Å². The van der Waals surface area contributed by atoms with Gasteiger partial charge in [-0.15, -0.1) is 0 Å². The fourth-order valence-corrected chi connectivity index (χ4v) is 2.27. The molecule has 0 amide bonds. The zero-order chi connectivity index (χ0) is 13.9. The van der Waals surface area contributed by atoms with Crippen molar-refractivity contribution < 1.29 is 14.6 Å². The van der Waals surface area contributed by atoms with Crippen LogP contribution in [0, 0.1) is 5.92 Å². The van der Waals surface area contributed by atoms with Crippen molar-refractivity contribution in [2.24, 2.45) is 5.92 Å². The molecule has 0 aromatic heterocycles. The lowest BCUT2D eigenvalue weighted by Gasteiger charge is -2.14. The molecule has 0 spiro atoms. The Morgan fingerprint density at radius 2 is 1.65 bits per heavy atom. The fraction of sp³-hybridized carbons (Fsp3) is 0.294. The maximum Gasteiger partial charge on any atom is 0.161 e. The van der Waals surface area contributed by atoms with Gasteiger partial charge in [0.05, 0.1) is 13.2 Å². The molecule has 3 rings (SSSR count). The van der Waals surface area contributed by atoms with E-state index in [4.69, 9.17) is 9.47 Å². The summed E-state index contributed by atoms with van der Waals surface area (Å²) in [6.07, 6.45) is -0.647. The van der Waals surface area contributed by atoms with Crippen molar-refractivity contribution in [1.82, 2.24) is 0 Å². The summed E-state index contributed by atoms with van der Waals surface area (Å²) in [7, 11) is 0. The van der Waals surface area contributed by atoms with Crippen molar-refractivity contribution in [2.45, 2.75) is 13.0 Å². The first-order chi connectivity index (χ1) is 9.74. The lowest BCUT2D eigenvalue weighted by molar-refractivity contribution is 0.218. The Morgan fingerprint density at radius 3 is 2.40 bits per heavy atom. The fourth-order valence-electron chi connectivity index (χ4n) is 2.27. The van der Waals surface area contributed by atoms with E-state index in [0.29, 0.717) is 24.9 Å². The van der Waals surface area contributed by atoms with Crippen molar-refractivity contribution in [3.8, 4) is 11.5 Å². The maximum absolute atomic E-state index is 10.4. The number of hydrogen-bond acceptors (Lipinski definition) is 3. The summed E-state index contributed by atoms with van der Waals surface area (Å²) in [5, 5.41) is 10.4. The van der Waals surface area contributed by atoms with Crippen LogP contribution in [0.1, 0.15) is 24.2 Å². The number of ether oxygens (including phenoxy) is 2. The molecule has 0 saturated carbocycles. The molecular weight excluding hydrogens is 252 g/mol. The Morgan fingerprint density at radius 1 is 0.950 bits per heavy atom. The number of benzene rings is 2. The number of hydrogen-bond donors (Lipinski definition) is 1. The van der Waals surface area contributed by atoms with Crippen LogP contribution in [0.5, 0.6) is 11.5 Å². The van der Waals surface area contributed by atoms with Crippen LogP contribution in [-0.2, 0) is 0 Å². The second-order valence-corrected chi connectivity index (χ2v) is 5.25. The van der Waals surface area contributed by atoms with Crippen LogP contribution in [0.2, 0.25) is 0 Å². The molecule has 0 aliphatic carbocycles. The minimum Gasteiger partial charge on any atom is -0.489 e. The van der Waals surface area contributed by atoms with Gasteiger partial charge in [0.15, 0.2) is 11.5 Å². The Kier molecular flexibility index (Phi) is 3.61. The van der Waals surface area contributed by atoms with E-state index in [0.717, 1.165) is 16.9 Å². The minimum atomic E-state index is -0.647. The zero-order valence-electron chi connectivity index (χ0n) is 11.5. The van der Waals surface area contributed by atoms with Crippen molar-refractivity contribution in [3.63, 3.8) is 0 Å². The van der Waals surface area contributed by atoms with Crippen LogP contribution in [-0.4, -0.2) is 18.3 Å². The molecule has 0 radical (unpaired) electrons. The largest absolute Gasteiger partial charge is 0.489 e. The number of fused-ring (bicyclic) bond motifs is 1. The van der Waals surface area contributed by atoms with Gasteiger partial charge in [0, 0.05) is 5.92 Å². The van der Waals surface area contributed by atoms with E-state index in [1.54, 1.807) is 0 Å². The summed E-state index contributed by atoms with van der Waals surface area (Å²) in [5.41, 5.74) is 1.68. The number of rotatable bonds is 2. The Balaban J connectivity index is 1.89. The molecule has 0 fully saturated rings. The first kappa shape index (κ1) is 13.0. The summed E-state index contributed by atoms with van der Waals surface area (Å²) in [4.78, 5) is 0. The standard InChI is InChI=1S/C17H18O3/c1-12-10-19-15-8-7-14(9-16(15)20-11-12)17(18)13-5-3-2-4-6-13/h2-9,12,17-18H,10-11H2,1H3. The predicted octanol–water partition coefficient (Wildman–Crippen LogP) is 3.18. The highest BCUT2D eigenvalue weighted by molar-refractivity contribution is 5.45. The zero-order valence-corrected chi connectivity index (χ0v) is 11.5. The van der Waals surface area contributed by atoms with Gasteiger partial charge in [-0.3, -0.25) is 0 Å². The van der Waals surface area contributed by atoms with Crippen LogP contribution in [0.4, 0.5) is 0 Å². The smallest absolute Gasteiger partial charge is 0.161 e. The molecule has 3 nitrogen and oxygen atoms in total. The molecule has 104 valence electrons. The van der Waals surface area contributed by atoms with E-state index in [1.807, 2.05) is 48.5 Å². The van der Waals surface area contributed by atoms with E-state index in [9.17, 15) is 5.11 Å². The highest BCUT2D eigenvalue weighted by atomic mass is 16.5. The monoisotopic (exact) mass is 270 g/mol. The first-order valence-electron chi connectivity index (χ1n) is 6.86. The van der Waals surface area contributed by atoms with Gasteiger partial charge in [-0.2, -0.15) is 0 Å². The number of aliphatic hydroxyl groups excluding tert-OH is 1. The first-order valence-corrected chi connectivity index (χ1v) is 6.86. The summed E-state index contributed by atoms with van der Waals surface area (Å²) in [5.74, 6) is 1.82. The Labute approximate surface area is 118 Å². The lowest BCUT2D eigenvalue weighted by atomic mass is 10.0. The third-order valence-electron chi connectivity index (χ3n) is 3.45. The van der Waals surface area contributed by atoms with Crippen LogP contribution < -0.4 is 9.47 Å². The molecule has 2 atom stereocenters. The average molecular weight is 270 g/mol. The molecule has 1 aliphatic rings. The highest BCUT2D eigenvalue weighted by Gasteiger charge is 2.18. The number of aliphatic hydroxyl groups is 1. The summed E-state index contributed by atoms with van der Waals surface area (Å²) in [6.45, 7) is 3.39. The van der Waals surface area contributed by atoms with Gasteiger partial charge in [-0.1, -0.05) is 43.3 Å². The van der Waals surface area contributed by atoms with E-state index >= 15 is 0 Å². The SMILES string of the molecule is CC1COc2ccc(C(O)c3ccccc3)cc2OC1. The average Bonchev–Trinajstić information content (AvgIpc) is 2.69. The third-order valence-corrected chi connectivity index (χ3v) is 3.45. The molecule has 2 aromatic carbocycles. The Hall–Kier alpha value is -2.00. The molecule has 1 heterocycles. The lowest BCUT2D eigenvalue weighted by Crippen LogP contribution is -2.12. The Bertz CT molecular complexity index is 580. The topological polar surface area (TPSA) is 38.7 Å². The summed E-state index contributed by atoms with van der Waals surface area (Å²) < 4.78 is 11.4. The highest BCUT2D eigenvalue weighted by Crippen LogP contribution is 2.34. The van der Waals surface area contributed by atoms with E-state index in [1.165, 1.54) is 0 Å². The minimum absolute atomic E-state index is 0.366. The molecular formula is C17H18O3. The van der Waals surface area contributed by atoms with Crippen molar-refractivity contribution in [3.05, 3.63) is 59.7 Å². The molecule has 1 N–H and O–H groups in total. The van der Waals surface area contributed by atoms with Gasteiger partial charge in [-0.25, -0.2) is 0 Å². The van der Waals surface area contributed by atoms with Crippen molar-refractivity contribution >= 4 is 0 Å². The molecule has 3 heteroatoms. The van der Waals surface area contributed by atoms with Gasteiger partial charge in [0.25, 0.3) is 0 Å². The second kappa shape index (κ2) is 5.55. The molecule has 0 saturated heterocycles. The van der Waals surface area contributed by atoms with Gasteiger partial charge in [-0.05, 0) is 23.3 Å². The van der Waals surface area contributed by atoms with Gasteiger partial charge in [0.2, 0.25) is 0 Å². The second-order valence-electron chi connectivity index (χ2n) is 5.25. The molecule has 2 unspecified atom stereocenters. The predicted molar refractivity (Wildman–Crippen MR) is 77.1 cm³/mol. The van der Waals surface area contributed by atoms with Crippen LogP contribution in [0.25, 0.3) is 0 Å².